The van der Waals surface area contributed by atoms with Crippen LogP contribution in [-0.4, -0.2) is 41.0 Å². The van der Waals surface area contributed by atoms with Gasteiger partial charge >= 0.3 is 0 Å². The van der Waals surface area contributed by atoms with E-state index in [-0.39, 0.29) is 0 Å². The van der Waals surface area contributed by atoms with E-state index in [2.05, 4.69) is 22.2 Å². The lowest BCUT2D eigenvalue weighted by molar-refractivity contribution is 0.243. The number of hydrogen-bond acceptors (Lipinski definition) is 6. The number of anilines is 1. The SMILES string of the molecule is CN(Cc1nc(N)c2c3c(sc2n1)CCCC3)C1CCNC1. The van der Waals surface area contributed by atoms with Crippen molar-refractivity contribution in [2.24, 2.45) is 0 Å². The Balaban J connectivity index is 1.65. The van der Waals surface area contributed by atoms with Crippen LogP contribution in [0.25, 0.3) is 10.2 Å². The van der Waals surface area contributed by atoms with Gasteiger partial charge in [0.1, 0.15) is 16.5 Å². The molecule has 0 saturated carbocycles. The van der Waals surface area contributed by atoms with Crippen LogP contribution >= 0.6 is 11.3 Å². The number of rotatable bonds is 3. The number of likely N-dealkylation sites (N-methyl/N-ethyl adjacent to an activating group) is 1. The number of fused-ring (bicyclic) bond motifs is 3. The van der Waals surface area contributed by atoms with Gasteiger partial charge < -0.3 is 11.1 Å². The molecule has 1 aliphatic carbocycles. The van der Waals surface area contributed by atoms with Gasteiger partial charge in [0.15, 0.2) is 0 Å². The summed E-state index contributed by atoms with van der Waals surface area (Å²) in [5.41, 5.74) is 7.70. The lowest BCUT2D eigenvalue weighted by Gasteiger charge is -2.22. The van der Waals surface area contributed by atoms with E-state index in [1.807, 2.05) is 11.3 Å². The summed E-state index contributed by atoms with van der Waals surface area (Å²) in [6.07, 6.45) is 6.06. The zero-order valence-corrected chi connectivity index (χ0v) is 13.9. The first kappa shape index (κ1) is 14.4. The summed E-state index contributed by atoms with van der Waals surface area (Å²) in [6, 6.07) is 0.581. The van der Waals surface area contributed by atoms with Crippen molar-refractivity contribution in [1.29, 1.82) is 0 Å². The van der Waals surface area contributed by atoms with Crippen LogP contribution in [0.15, 0.2) is 0 Å². The molecular weight excluding hydrogens is 294 g/mol. The van der Waals surface area contributed by atoms with Crippen molar-refractivity contribution < 1.29 is 0 Å². The smallest absolute Gasteiger partial charge is 0.146 e. The highest BCUT2D eigenvalue weighted by Crippen LogP contribution is 2.37. The molecule has 22 heavy (non-hydrogen) atoms. The number of nitrogens with two attached hydrogens (primary N) is 1. The molecule has 2 aromatic heterocycles. The Bertz CT molecular complexity index is 689. The van der Waals surface area contributed by atoms with E-state index in [4.69, 9.17) is 10.7 Å². The largest absolute Gasteiger partial charge is 0.383 e. The van der Waals surface area contributed by atoms with Crippen molar-refractivity contribution in [3.63, 3.8) is 0 Å². The van der Waals surface area contributed by atoms with Crippen LogP contribution in [-0.2, 0) is 19.4 Å². The fraction of sp³-hybridized carbons (Fsp3) is 0.625. The molecule has 2 aliphatic rings. The summed E-state index contributed by atoms with van der Waals surface area (Å²) in [7, 11) is 2.15. The van der Waals surface area contributed by atoms with E-state index < -0.39 is 0 Å². The predicted octanol–water partition coefficient (Wildman–Crippen LogP) is 1.95. The van der Waals surface area contributed by atoms with Crippen molar-refractivity contribution in [1.82, 2.24) is 20.2 Å². The average Bonchev–Trinajstić information content (AvgIpc) is 3.14. The van der Waals surface area contributed by atoms with Gasteiger partial charge in [-0.15, -0.1) is 11.3 Å². The summed E-state index contributed by atoms with van der Waals surface area (Å²) < 4.78 is 0. The van der Waals surface area contributed by atoms with Gasteiger partial charge in [-0.25, -0.2) is 9.97 Å². The quantitative estimate of drug-likeness (QED) is 0.905. The molecule has 6 heteroatoms. The van der Waals surface area contributed by atoms with Crippen molar-refractivity contribution >= 4 is 27.4 Å². The Kier molecular flexibility index (Phi) is 3.76. The maximum absolute atomic E-state index is 6.28. The maximum Gasteiger partial charge on any atom is 0.146 e. The third-order valence-electron chi connectivity index (χ3n) is 4.94. The molecule has 0 radical (unpaired) electrons. The van der Waals surface area contributed by atoms with Crippen LogP contribution in [0.3, 0.4) is 0 Å². The number of aryl methyl sites for hydroxylation is 2. The topological polar surface area (TPSA) is 67.1 Å². The normalized spacial score (nSPS) is 21.6. The summed E-state index contributed by atoms with van der Waals surface area (Å²) in [6.45, 7) is 2.94. The number of nitrogens with zero attached hydrogens (tertiary/aromatic N) is 3. The molecule has 0 spiro atoms. The molecule has 1 atom stereocenters. The number of nitrogens with one attached hydrogen (secondary N) is 1. The summed E-state index contributed by atoms with van der Waals surface area (Å²) >= 11 is 1.83. The molecule has 1 saturated heterocycles. The third-order valence-corrected chi connectivity index (χ3v) is 6.12. The van der Waals surface area contributed by atoms with Crippen LogP contribution in [0.2, 0.25) is 0 Å². The molecule has 5 nitrogen and oxygen atoms in total. The van der Waals surface area contributed by atoms with Gasteiger partial charge in [-0.1, -0.05) is 0 Å². The van der Waals surface area contributed by atoms with Gasteiger partial charge in [0, 0.05) is 17.5 Å². The minimum Gasteiger partial charge on any atom is -0.383 e. The molecule has 4 rings (SSSR count). The third kappa shape index (κ3) is 2.49. The monoisotopic (exact) mass is 317 g/mol. The summed E-state index contributed by atoms with van der Waals surface area (Å²) in [5.74, 6) is 1.54. The zero-order valence-electron chi connectivity index (χ0n) is 13.1. The summed E-state index contributed by atoms with van der Waals surface area (Å²) in [4.78, 5) is 14.3. The standard InChI is InChI=1S/C16H23N5S/c1-21(10-6-7-18-8-10)9-13-19-15(17)14-11-4-2-3-5-12(11)22-16(14)20-13/h10,18H,2-9H2,1H3,(H2,17,19,20). The fourth-order valence-corrected chi connectivity index (χ4v) is 4.96. The number of nitrogen functional groups attached to an aromatic ring is 1. The highest BCUT2D eigenvalue weighted by molar-refractivity contribution is 7.19. The molecule has 1 aliphatic heterocycles. The van der Waals surface area contributed by atoms with Gasteiger partial charge in [-0.3, -0.25) is 4.90 Å². The van der Waals surface area contributed by atoms with Gasteiger partial charge in [-0.05, 0) is 51.3 Å². The molecule has 118 valence electrons. The Labute approximate surface area is 134 Å². The van der Waals surface area contributed by atoms with Gasteiger partial charge in [0.2, 0.25) is 0 Å². The molecule has 0 amide bonds. The van der Waals surface area contributed by atoms with E-state index >= 15 is 0 Å². The fourth-order valence-electron chi connectivity index (χ4n) is 3.67. The predicted molar refractivity (Wildman–Crippen MR) is 91.2 cm³/mol. The highest BCUT2D eigenvalue weighted by atomic mass is 32.1. The van der Waals surface area contributed by atoms with Crippen molar-refractivity contribution in [3.05, 3.63) is 16.3 Å². The first-order valence-electron chi connectivity index (χ1n) is 8.20. The Morgan fingerprint density at radius 1 is 1.32 bits per heavy atom. The van der Waals surface area contributed by atoms with E-state index in [0.29, 0.717) is 11.9 Å². The van der Waals surface area contributed by atoms with Gasteiger partial charge in [0.25, 0.3) is 0 Å². The molecule has 0 aromatic carbocycles. The van der Waals surface area contributed by atoms with Crippen molar-refractivity contribution in [3.8, 4) is 0 Å². The minimum absolute atomic E-state index is 0.581. The van der Waals surface area contributed by atoms with E-state index in [9.17, 15) is 0 Å². The molecule has 0 bridgehead atoms. The number of thiophene rings is 1. The molecular formula is C16H23N5S. The second-order valence-electron chi connectivity index (χ2n) is 6.48. The van der Waals surface area contributed by atoms with E-state index in [1.54, 1.807) is 0 Å². The molecule has 3 N–H and O–H groups in total. The lowest BCUT2D eigenvalue weighted by Crippen LogP contribution is -2.33. The van der Waals surface area contributed by atoms with Crippen LogP contribution in [0.4, 0.5) is 5.82 Å². The Morgan fingerprint density at radius 2 is 2.18 bits per heavy atom. The van der Waals surface area contributed by atoms with Crippen LogP contribution < -0.4 is 11.1 Å². The molecule has 1 unspecified atom stereocenters. The zero-order chi connectivity index (χ0) is 15.1. The summed E-state index contributed by atoms with van der Waals surface area (Å²) in [5, 5.41) is 4.54. The Hall–Kier alpha value is -1.24. The maximum atomic E-state index is 6.28. The second kappa shape index (κ2) is 5.76. The van der Waals surface area contributed by atoms with Crippen LogP contribution in [0.5, 0.6) is 0 Å². The van der Waals surface area contributed by atoms with Crippen LogP contribution in [0, 0.1) is 0 Å². The van der Waals surface area contributed by atoms with Crippen molar-refractivity contribution in [2.45, 2.75) is 44.7 Å². The minimum atomic E-state index is 0.581. The first-order valence-corrected chi connectivity index (χ1v) is 9.01. The van der Waals surface area contributed by atoms with Crippen LogP contribution in [0.1, 0.15) is 35.5 Å². The van der Waals surface area contributed by atoms with E-state index in [0.717, 1.165) is 42.1 Å². The first-order chi connectivity index (χ1) is 10.7. The average molecular weight is 317 g/mol. The Morgan fingerprint density at radius 3 is 3.00 bits per heavy atom. The highest BCUT2D eigenvalue weighted by Gasteiger charge is 2.22. The van der Waals surface area contributed by atoms with Gasteiger partial charge in [0.05, 0.1) is 11.9 Å². The van der Waals surface area contributed by atoms with Gasteiger partial charge in [-0.2, -0.15) is 0 Å². The molecule has 1 fully saturated rings. The molecule has 2 aromatic rings. The van der Waals surface area contributed by atoms with E-state index in [1.165, 1.54) is 36.1 Å². The second-order valence-corrected chi connectivity index (χ2v) is 7.56. The van der Waals surface area contributed by atoms with Crippen molar-refractivity contribution in [2.75, 3.05) is 25.9 Å². The lowest BCUT2D eigenvalue weighted by atomic mass is 9.97. The molecule has 3 heterocycles. The number of aromatic nitrogens is 2. The number of hydrogen-bond donors (Lipinski definition) is 2.